The van der Waals surface area contributed by atoms with Crippen molar-refractivity contribution in [2.24, 2.45) is 5.92 Å². The maximum absolute atomic E-state index is 9.47. The Hall–Kier alpha value is -1.09. The molecule has 1 fully saturated rings. The van der Waals surface area contributed by atoms with Gasteiger partial charge in [0.15, 0.2) is 0 Å². The smallest absolute Gasteiger partial charge is 0.128 e. The van der Waals surface area contributed by atoms with Crippen molar-refractivity contribution in [3.63, 3.8) is 0 Å². The lowest BCUT2D eigenvalue weighted by Gasteiger charge is -2.18. The van der Waals surface area contributed by atoms with E-state index in [-0.39, 0.29) is 6.10 Å². The molecule has 0 radical (unpaired) electrons. The van der Waals surface area contributed by atoms with E-state index >= 15 is 0 Å². The van der Waals surface area contributed by atoms with Crippen molar-refractivity contribution >= 4 is 5.82 Å². The lowest BCUT2D eigenvalue weighted by atomic mass is 10.0. The molecule has 1 aromatic rings. The quantitative estimate of drug-likeness (QED) is 0.767. The van der Waals surface area contributed by atoms with Crippen LogP contribution in [0.25, 0.3) is 0 Å². The minimum absolute atomic E-state index is 0.205. The van der Waals surface area contributed by atoms with Gasteiger partial charge in [0.25, 0.3) is 0 Å². The van der Waals surface area contributed by atoms with E-state index in [0.29, 0.717) is 5.92 Å². The standard InChI is InChI=1S/C11H16N2O/c1-9(14)10-5-7-13(8-10)11-4-2-3-6-12-11/h2-4,6,9-10,14H,5,7-8H2,1H3. The summed E-state index contributed by atoms with van der Waals surface area (Å²) >= 11 is 0. The highest BCUT2D eigenvalue weighted by molar-refractivity contribution is 5.38. The van der Waals surface area contributed by atoms with Crippen molar-refractivity contribution in [3.8, 4) is 0 Å². The highest BCUT2D eigenvalue weighted by Crippen LogP contribution is 2.23. The molecule has 1 saturated heterocycles. The molecule has 76 valence electrons. The molecule has 1 aliphatic heterocycles. The first-order chi connectivity index (χ1) is 6.77. The second-order valence-electron chi connectivity index (χ2n) is 3.92. The van der Waals surface area contributed by atoms with Crippen LogP contribution in [0.3, 0.4) is 0 Å². The molecule has 3 nitrogen and oxygen atoms in total. The topological polar surface area (TPSA) is 36.4 Å². The molecule has 2 heterocycles. The number of hydrogen-bond donors (Lipinski definition) is 1. The minimum atomic E-state index is -0.205. The lowest BCUT2D eigenvalue weighted by molar-refractivity contribution is 0.136. The third kappa shape index (κ3) is 1.87. The third-order valence-electron chi connectivity index (χ3n) is 2.88. The van der Waals surface area contributed by atoms with Crippen LogP contribution in [0.1, 0.15) is 13.3 Å². The number of hydrogen-bond acceptors (Lipinski definition) is 3. The summed E-state index contributed by atoms with van der Waals surface area (Å²) in [6, 6.07) is 5.94. The Morgan fingerprint density at radius 3 is 3.00 bits per heavy atom. The van der Waals surface area contributed by atoms with Crippen molar-refractivity contribution in [2.45, 2.75) is 19.4 Å². The summed E-state index contributed by atoms with van der Waals surface area (Å²) in [5, 5.41) is 9.47. The Balaban J connectivity index is 2.03. The molecule has 1 aromatic heterocycles. The summed E-state index contributed by atoms with van der Waals surface area (Å²) in [6.45, 7) is 3.80. The summed E-state index contributed by atoms with van der Waals surface area (Å²) in [6.07, 6.45) is 2.67. The highest BCUT2D eigenvalue weighted by Gasteiger charge is 2.26. The lowest BCUT2D eigenvalue weighted by Crippen LogP contribution is -2.24. The fraction of sp³-hybridized carbons (Fsp3) is 0.545. The van der Waals surface area contributed by atoms with E-state index in [1.807, 2.05) is 31.3 Å². The number of aromatic nitrogens is 1. The molecule has 0 aromatic carbocycles. The van der Waals surface area contributed by atoms with Crippen molar-refractivity contribution in [1.29, 1.82) is 0 Å². The van der Waals surface area contributed by atoms with E-state index < -0.39 is 0 Å². The molecule has 2 rings (SSSR count). The Kier molecular flexibility index (Phi) is 2.68. The molecule has 2 unspecified atom stereocenters. The van der Waals surface area contributed by atoms with Gasteiger partial charge in [0, 0.05) is 25.2 Å². The Morgan fingerprint density at radius 2 is 2.43 bits per heavy atom. The number of anilines is 1. The van der Waals surface area contributed by atoms with Gasteiger partial charge in [-0.1, -0.05) is 6.07 Å². The average molecular weight is 192 g/mol. The Labute approximate surface area is 84.4 Å². The number of aliphatic hydroxyl groups excluding tert-OH is 1. The van der Waals surface area contributed by atoms with E-state index in [4.69, 9.17) is 0 Å². The number of pyridine rings is 1. The molecular formula is C11H16N2O. The maximum Gasteiger partial charge on any atom is 0.128 e. The molecule has 0 saturated carbocycles. The maximum atomic E-state index is 9.47. The SMILES string of the molecule is CC(O)C1CCN(c2ccccn2)C1. The second-order valence-corrected chi connectivity index (χ2v) is 3.92. The van der Waals surface area contributed by atoms with E-state index in [0.717, 1.165) is 25.3 Å². The van der Waals surface area contributed by atoms with E-state index in [1.54, 1.807) is 0 Å². The Bertz CT molecular complexity index is 287. The number of nitrogens with zero attached hydrogens (tertiary/aromatic N) is 2. The van der Waals surface area contributed by atoms with Gasteiger partial charge in [-0.25, -0.2) is 4.98 Å². The number of rotatable bonds is 2. The zero-order valence-electron chi connectivity index (χ0n) is 8.43. The first-order valence-corrected chi connectivity index (χ1v) is 5.11. The summed E-state index contributed by atoms with van der Waals surface area (Å²) < 4.78 is 0. The zero-order chi connectivity index (χ0) is 9.97. The molecule has 1 aliphatic rings. The van der Waals surface area contributed by atoms with Crippen LogP contribution < -0.4 is 4.90 Å². The first kappa shape index (κ1) is 9.46. The first-order valence-electron chi connectivity index (χ1n) is 5.11. The monoisotopic (exact) mass is 192 g/mol. The number of aliphatic hydroxyl groups is 1. The molecule has 0 aliphatic carbocycles. The van der Waals surface area contributed by atoms with Crippen LogP contribution in [0, 0.1) is 5.92 Å². The fourth-order valence-corrected chi connectivity index (χ4v) is 1.93. The van der Waals surface area contributed by atoms with Gasteiger partial charge < -0.3 is 10.0 Å². The molecule has 0 spiro atoms. The minimum Gasteiger partial charge on any atom is -0.393 e. The van der Waals surface area contributed by atoms with Crippen LogP contribution in [0.2, 0.25) is 0 Å². The van der Waals surface area contributed by atoms with E-state index in [9.17, 15) is 5.11 Å². The van der Waals surface area contributed by atoms with Crippen LogP contribution in [0.15, 0.2) is 24.4 Å². The summed E-state index contributed by atoms with van der Waals surface area (Å²) in [4.78, 5) is 6.53. The van der Waals surface area contributed by atoms with Crippen molar-refractivity contribution in [1.82, 2.24) is 4.98 Å². The van der Waals surface area contributed by atoms with Crippen molar-refractivity contribution < 1.29 is 5.11 Å². The van der Waals surface area contributed by atoms with Gasteiger partial charge in [0.1, 0.15) is 5.82 Å². The predicted octanol–water partition coefficient (Wildman–Crippen LogP) is 1.29. The molecule has 0 bridgehead atoms. The van der Waals surface area contributed by atoms with Crippen LogP contribution in [-0.4, -0.2) is 29.3 Å². The zero-order valence-corrected chi connectivity index (χ0v) is 8.43. The van der Waals surface area contributed by atoms with E-state index in [2.05, 4.69) is 9.88 Å². The summed E-state index contributed by atoms with van der Waals surface area (Å²) in [5.74, 6) is 1.42. The second kappa shape index (κ2) is 3.96. The van der Waals surface area contributed by atoms with Crippen LogP contribution in [0.5, 0.6) is 0 Å². The fourth-order valence-electron chi connectivity index (χ4n) is 1.93. The highest BCUT2D eigenvalue weighted by atomic mass is 16.3. The van der Waals surface area contributed by atoms with Gasteiger partial charge in [0.2, 0.25) is 0 Å². The molecule has 3 heteroatoms. The van der Waals surface area contributed by atoms with Gasteiger partial charge in [-0.2, -0.15) is 0 Å². The van der Waals surface area contributed by atoms with Crippen LogP contribution >= 0.6 is 0 Å². The van der Waals surface area contributed by atoms with Gasteiger partial charge in [-0.3, -0.25) is 0 Å². The van der Waals surface area contributed by atoms with E-state index in [1.165, 1.54) is 0 Å². The molecular weight excluding hydrogens is 176 g/mol. The summed E-state index contributed by atoms with van der Waals surface area (Å²) in [7, 11) is 0. The van der Waals surface area contributed by atoms with Gasteiger partial charge in [0.05, 0.1) is 6.10 Å². The molecule has 1 N–H and O–H groups in total. The molecule has 0 amide bonds. The normalized spacial score (nSPS) is 23.9. The van der Waals surface area contributed by atoms with Crippen LogP contribution in [-0.2, 0) is 0 Å². The largest absolute Gasteiger partial charge is 0.393 e. The predicted molar refractivity (Wildman–Crippen MR) is 56.2 cm³/mol. The third-order valence-corrected chi connectivity index (χ3v) is 2.88. The van der Waals surface area contributed by atoms with Crippen LogP contribution in [0.4, 0.5) is 5.82 Å². The van der Waals surface area contributed by atoms with Gasteiger partial charge in [-0.05, 0) is 25.5 Å². The van der Waals surface area contributed by atoms with Gasteiger partial charge in [-0.15, -0.1) is 0 Å². The summed E-state index contributed by atoms with van der Waals surface area (Å²) in [5.41, 5.74) is 0. The molecule has 2 atom stereocenters. The van der Waals surface area contributed by atoms with Crippen molar-refractivity contribution in [3.05, 3.63) is 24.4 Å². The Morgan fingerprint density at radius 1 is 1.57 bits per heavy atom. The van der Waals surface area contributed by atoms with Gasteiger partial charge >= 0.3 is 0 Å². The average Bonchev–Trinajstić information content (AvgIpc) is 2.68. The molecule has 14 heavy (non-hydrogen) atoms. The van der Waals surface area contributed by atoms with Crippen molar-refractivity contribution in [2.75, 3.05) is 18.0 Å².